The van der Waals surface area contributed by atoms with Crippen molar-refractivity contribution in [2.45, 2.75) is 18.8 Å². The van der Waals surface area contributed by atoms with Gasteiger partial charge in [0.25, 0.3) is 5.91 Å². The Morgan fingerprint density at radius 3 is 2.80 bits per heavy atom. The molecule has 2 aliphatic heterocycles. The average molecular weight is 285 g/mol. The minimum atomic E-state index is -4.40. The molecule has 0 bridgehead atoms. The number of carbonyl (C=O) groups is 1. The number of fused-ring (bicyclic) bond motifs is 3. The van der Waals surface area contributed by atoms with Gasteiger partial charge in [-0.25, -0.2) is 0 Å². The third kappa shape index (κ3) is 2.22. The number of amides is 1. The van der Waals surface area contributed by atoms with Gasteiger partial charge >= 0.3 is 6.18 Å². The van der Waals surface area contributed by atoms with Gasteiger partial charge in [0, 0.05) is 13.1 Å². The zero-order chi connectivity index (χ0) is 14.3. The summed E-state index contributed by atoms with van der Waals surface area (Å²) in [5.41, 5.74) is -0.0460. The molecule has 0 spiro atoms. The van der Waals surface area contributed by atoms with Crippen molar-refractivity contribution in [3.05, 3.63) is 29.3 Å². The van der Waals surface area contributed by atoms with Gasteiger partial charge in [0.15, 0.2) is 0 Å². The molecule has 20 heavy (non-hydrogen) atoms. The molecular formula is C13H14F3N3O. The molecule has 0 aromatic heterocycles. The number of nitrogens with one attached hydrogen (secondary N) is 2. The van der Waals surface area contributed by atoms with Crippen molar-refractivity contribution in [2.24, 2.45) is 0 Å². The standard InChI is InChI=1S/C13H14F3N3O/c14-13(15,16)8-1-2-9-10(7-8)19-6-5-17-4-3-11(19)18-12(9)20/h1-2,7,11,17H,3-6H2,(H,18,20)/t11-/m0/s1. The first-order valence-corrected chi connectivity index (χ1v) is 6.46. The number of alkyl halides is 3. The lowest BCUT2D eigenvalue weighted by Gasteiger charge is -2.37. The van der Waals surface area contributed by atoms with Crippen molar-refractivity contribution >= 4 is 11.6 Å². The number of rotatable bonds is 0. The maximum Gasteiger partial charge on any atom is 0.416 e. The fourth-order valence-electron chi connectivity index (χ4n) is 2.68. The van der Waals surface area contributed by atoms with Crippen molar-refractivity contribution in [3.8, 4) is 0 Å². The Balaban J connectivity index is 2.06. The van der Waals surface area contributed by atoms with Crippen LogP contribution >= 0.6 is 0 Å². The average Bonchev–Trinajstić information content (AvgIpc) is 2.62. The van der Waals surface area contributed by atoms with Gasteiger partial charge in [0.05, 0.1) is 16.8 Å². The smallest absolute Gasteiger partial charge is 0.349 e. The SMILES string of the molecule is O=C1N[C@@H]2CCNCCN2c2cc(C(F)(F)F)ccc21. The summed E-state index contributed by atoms with van der Waals surface area (Å²) in [6, 6.07) is 3.28. The fraction of sp³-hybridized carbons (Fsp3) is 0.462. The molecule has 1 saturated heterocycles. The molecule has 4 nitrogen and oxygen atoms in total. The predicted octanol–water partition coefficient (Wildman–Crippen LogP) is 1.57. The maximum absolute atomic E-state index is 12.8. The lowest BCUT2D eigenvalue weighted by molar-refractivity contribution is -0.137. The summed E-state index contributed by atoms with van der Waals surface area (Å²) in [6.45, 7) is 1.98. The third-order valence-corrected chi connectivity index (χ3v) is 3.68. The molecule has 0 saturated carbocycles. The molecule has 0 unspecified atom stereocenters. The van der Waals surface area contributed by atoms with Gasteiger partial charge in [-0.05, 0) is 31.2 Å². The summed E-state index contributed by atoms with van der Waals surface area (Å²) in [5, 5.41) is 6.02. The molecule has 0 radical (unpaired) electrons. The molecule has 2 aliphatic rings. The summed E-state index contributed by atoms with van der Waals surface area (Å²) in [6.07, 6.45) is -3.97. The molecule has 2 heterocycles. The van der Waals surface area contributed by atoms with Gasteiger partial charge in [0.1, 0.15) is 6.17 Å². The van der Waals surface area contributed by atoms with E-state index >= 15 is 0 Å². The topological polar surface area (TPSA) is 44.4 Å². The van der Waals surface area contributed by atoms with E-state index in [9.17, 15) is 18.0 Å². The highest BCUT2D eigenvalue weighted by Gasteiger charge is 2.36. The van der Waals surface area contributed by atoms with Gasteiger partial charge < -0.3 is 15.5 Å². The molecule has 1 aromatic carbocycles. The molecule has 1 fully saturated rings. The van der Waals surface area contributed by atoms with E-state index in [2.05, 4.69) is 10.6 Å². The number of hydrogen-bond donors (Lipinski definition) is 2. The largest absolute Gasteiger partial charge is 0.416 e. The lowest BCUT2D eigenvalue weighted by Crippen LogP contribution is -2.53. The molecule has 1 amide bonds. The number of anilines is 1. The zero-order valence-corrected chi connectivity index (χ0v) is 10.6. The van der Waals surface area contributed by atoms with Crippen molar-refractivity contribution in [3.63, 3.8) is 0 Å². The van der Waals surface area contributed by atoms with Gasteiger partial charge in [-0.3, -0.25) is 4.79 Å². The second kappa shape index (κ2) is 4.66. The first-order valence-electron chi connectivity index (χ1n) is 6.46. The van der Waals surface area contributed by atoms with E-state index in [0.717, 1.165) is 18.7 Å². The van der Waals surface area contributed by atoms with Crippen LogP contribution in [0.1, 0.15) is 22.3 Å². The van der Waals surface area contributed by atoms with Gasteiger partial charge in [-0.1, -0.05) is 0 Å². The second-order valence-corrected chi connectivity index (χ2v) is 4.95. The van der Waals surface area contributed by atoms with Gasteiger partial charge in [0.2, 0.25) is 0 Å². The first kappa shape index (κ1) is 13.2. The fourth-order valence-corrected chi connectivity index (χ4v) is 2.68. The van der Waals surface area contributed by atoms with Gasteiger partial charge in [-0.15, -0.1) is 0 Å². The molecule has 1 aromatic rings. The van der Waals surface area contributed by atoms with Gasteiger partial charge in [-0.2, -0.15) is 13.2 Å². The second-order valence-electron chi connectivity index (χ2n) is 4.95. The van der Waals surface area contributed by atoms with E-state index in [1.807, 2.05) is 4.90 Å². The maximum atomic E-state index is 12.8. The molecule has 7 heteroatoms. The van der Waals surface area contributed by atoms with Crippen LogP contribution in [0, 0.1) is 0 Å². The van der Waals surface area contributed by atoms with Crippen molar-refractivity contribution < 1.29 is 18.0 Å². The van der Waals surface area contributed by atoms with Crippen LogP contribution in [-0.2, 0) is 6.18 Å². The van der Waals surface area contributed by atoms with Crippen molar-refractivity contribution in [1.29, 1.82) is 0 Å². The zero-order valence-electron chi connectivity index (χ0n) is 10.6. The number of hydrogen-bond acceptors (Lipinski definition) is 3. The van der Waals surface area contributed by atoms with E-state index in [4.69, 9.17) is 0 Å². The van der Waals surface area contributed by atoms with Crippen LogP contribution in [-0.4, -0.2) is 31.7 Å². The summed E-state index contributed by atoms with van der Waals surface area (Å²) < 4.78 is 38.5. The van der Waals surface area contributed by atoms with Crippen LogP contribution in [0.2, 0.25) is 0 Å². The number of nitrogens with zero attached hydrogens (tertiary/aromatic N) is 1. The van der Waals surface area contributed by atoms with E-state index in [1.165, 1.54) is 6.07 Å². The number of benzene rings is 1. The molecule has 0 aliphatic carbocycles. The number of carbonyl (C=O) groups excluding carboxylic acids is 1. The van der Waals surface area contributed by atoms with Crippen molar-refractivity contribution in [2.75, 3.05) is 24.5 Å². The Morgan fingerprint density at radius 2 is 2.05 bits per heavy atom. The van der Waals surface area contributed by atoms with Crippen molar-refractivity contribution in [1.82, 2.24) is 10.6 Å². The normalized spacial score (nSPS) is 22.6. The Morgan fingerprint density at radius 1 is 1.25 bits per heavy atom. The first-order chi connectivity index (χ1) is 9.47. The third-order valence-electron chi connectivity index (χ3n) is 3.68. The molecule has 2 N–H and O–H groups in total. The Labute approximate surface area is 113 Å². The number of halogens is 3. The Kier molecular flexibility index (Phi) is 3.08. The highest BCUT2D eigenvalue weighted by atomic mass is 19.4. The minimum Gasteiger partial charge on any atom is -0.349 e. The van der Waals surface area contributed by atoms with E-state index in [-0.39, 0.29) is 12.1 Å². The monoisotopic (exact) mass is 285 g/mol. The quantitative estimate of drug-likeness (QED) is 0.760. The minimum absolute atomic E-state index is 0.242. The van der Waals surface area contributed by atoms with E-state index < -0.39 is 11.7 Å². The summed E-state index contributed by atoms with van der Waals surface area (Å²) in [7, 11) is 0. The molecule has 1 atom stereocenters. The van der Waals surface area contributed by atoms with Crippen LogP contribution in [0.5, 0.6) is 0 Å². The highest BCUT2D eigenvalue weighted by molar-refractivity contribution is 6.02. The molecule has 3 rings (SSSR count). The Hall–Kier alpha value is -1.76. The van der Waals surface area contributed by atoms with E-state index in [0.29, 0.717) is 30.8 Å². The van der Waals surface area contributed by atoms with Crippen LogP contribution in [0.3, 0.4) is 0 Å². The lowest BCUT2D eigenvalue weighted by atomic mass is 10.0. The summed E-state index contributed by atoms with van der Waals surface area (Å²) in [5.74, 6) is -0.308. The summed E-state index contributed by atoms with van der Waals surface area (Å²) in [4.78, 5) is 13.8. The highest BCUT2D eigenvalue weighted by Crippen LogP contribution is 2.35. The Bertz CT molecular complexity index is 544. The summed E-state index contributed by atoms with van der Waals surface area (Å²) >= 11 is 0. The van der Waals surface area contributed by atoms with Crippen LogP contribution in [0.25, 0.3) is 0 Å². The van der Waals surface area contributed by atoms with Crippen LogP contribution in [0.4, 0.5) is 18.9 Å². The molecule has 108 valence electrons. The predicted molar refractivity (Wildman–Crippen MR) is 67.5 cm³/mol. The van der Waals surface area contributed by atoms with Crippen LogP contribution in [0.15, 0.2) is 18.2 Å². The van der Waals surface area contributed by atoms with Crippen LogP contribution < -0.4 is 15.5 Å². The van der Waals surface area contributed by atoms with E-state index in [1.54, 1.807) is 0 Å². The molecular weight excluding hydrogens is 271 g/mol.